The fourth-order valence-corrected chi connectivity index (χ4v) is 3.59. The van der Waals surface area contributed by atoms with Gasteiger partial charge in [-0.2, -0.15) is 0 Å². The number of rotatable bonds is 7. The fraction of sp³-hybridized carbons (Fsp3) is 0.429. The van der Waals surface area contributed by atoms with Crippen LogP contribution in [0.15, 0.2) is 42.5 Å². The Labute approximate surface area is 182 Å². The minimum Gasteiger partial charge on any atom is -0.484 e. The third-order valence-electron chi connectivity index (χ3n) is 5.58. The molecule has 1 saturated heterocycles. The van der Waals surface area contributed by atoms with Gasteiger partial charge >= 0.3 is 7.12 Å². The van der Waals surface area contributed by atoms with Crippen molar-refractivity contribution in [1.82, 2.24) is 0 Å². The first kappa shape index (κ1) is 23.5. The van der Waals surface area contributed by atoms with Gasteiger partial charge in [-0.1, -0.05) is 18.2 Å². The molecular weight excluding hydrogens is 427 g/mol. The molecule has 168 valence electrons. The van der Waals surface area contributed by atoms with Crippen molar-refractivity contribution in [3.63, 3.8) is 0 Å². The number of hydrogen-bond acceptors (Lipinski definition) is 5. The third kappa shape index (κ3) is 5.19. The maximum Gasteiger partial charge on any atom is 0.494 e. The molecule has 1 atom stereocenters. The van der Waals surface area contributed by atoms with Gasteiger partial charge in [0.2, 0.25) is 6.01 Å². The number of nitrogens with one attached hydrogen (secondary N) is 1. The predicted octanol–water partition coefficient (Wildman–Crippen LogP) is 3.93. The lowest BCUT2D eigenvalue weighted by Crippen LogP contribution is -2.41. The van der Waals surface area contributed by atoms with Crippen molar-refractivity contribution in [1.29, 1.82) is 0 Å². The molecule has 1 fully saturated rings. The Morgan fingerprint density at radius 1 is 1.06 bits per heavy atom. The molecule has 0 saturated carbocycles. The van der Waals surface area contributed by atoms with E-state index in [4.69, 9.17) is 14.0 Å². The van der Waals surface area contributed by atoms with Crippen LogP contribution in [-0.4, -0.2) is 32.7 Å². The first-order valence-electron chi connectivity index (χ1n) is 9.82. The number of benzene rings is 2. The van der Waals surface area contributed by atoms with E-state index < -0.39 is 40.5 Å². The second-order valence-electron chi connectivity index (χ2n) is 8.48. The normalized spacial score (nSPS) is 18.6. The zero-order valence-corrected chi connectivity index (χ0v) is 18.9. The van der Waals surface area contributed by atoms with Gasteiger partial charge in [0.25, 0.3) is 10.0 Å². The standard InChI is InChI=1S/C21H26BF2NO5S/c1-14(15-6-9-17(24)10-7-15)28-19-12-16(8-11-18(19)25-31(26,27)13-23)22-29-20(2,3)21(4,5)30-22/h6-12,14,25H,13H2,1-5H3/t14-/m0/s1. The molecule has 31 heavy (non-hydrogen) atoms. The Kier molecular flexibility index (Phi) is 6.37. The highest BCUT2D eigenvalue weighted by Gasteiger charge is 2.51. The van der Waals surface area contributed by atoms with Crippen LogP contribution in [0, 0.1) is 5.82 Å². The van der Waals surface area contributed by atoms with E-state index in [0.29, 0.717) is 11.0 Å². The van der Waals surface area contributed by atoms with Gasteiger partial charge in [-0.3, -0.25) is 4.72 Å². The van der Waals surface area contributed by atoms with E-state index in [1.54, 1.807) is 31.2 Å². The molecule has 0 bridgehead atoms. The molecule has 6 nitrogen and oxygen atoms in total. The highest BCUT2D eigenvalue weighted by molar-refractivity contribution is 7.92. The molecule has 0 aromatic heterocycles. The van der Waals surface area contributed by atoms with Gasteiger partial charge in [-0.15, -0.1) is 0 Å². The van der Waals surface area contributed by atoms with Gasteiger partial charge in [0.15, 0.2) is 0 Å². The largest absolute Gasteiger partial charge is 0.494 e. The SMILES string of the molecule is C[C@H](Oc1cc(B2OC(C)(C)C(C)(C)O2)ccc1NS(=O)(=O)CF)c1ccc(F)cc1. The van der Waals surface area contributed by atoms with E-state index >= 15 is 0 Å². The first-order chi connectivity index (χ1) is 14.3. The van der Waals surface area contributed by atoms with Crippen LogP contribution in [0.3, 0.4) is 0 Å². The molecule has 2 aromatic rings. The monoisotopic (exact) mass is 453 g/mol. The van der Waals surface area contributed by atoms with Crippen LogP contribution in [0.25, 0.3) is 0 Å². The summed E-state index contributed by atoms with van der Waals surface area (Å²) in [5, 5.41) is 0. The molecule has 0 spiro atoms. The summed E-state index contributed by atoms with van der Waals surface area (Å²) in [7, 11) is -4.87. The van der Waals surface area contributed by atoms with E-state index in [1.165, 1.54) is 18.2 Å². The molecule has 0 aliphatic carbocycles. The fourth-order valence-electron chi connectivity index (χ4n) is 3.03. The molecule has 1 aliphatic rings. The van der Waals surface area contributed by atoms with Crippen molar-refractivity contribution in [2.75, 3.05) is 10.7 Å². The number of halogens is 2. The summed E-state index contributed by atoms with van der Waals surface area (Å²) in [6.45, 7) is 9.42. The number of alkyl halides is 1. The summed E-state index contributed by atoms with van der Waals surface area (Å²) in [6.07, 6.45) is -0.539. The Hall–Kier alpha value is -2.17. The zero-order valence-electron chi connectivity index (χ0n) is 18.1. The van der Waals surface area contributed by atoms with Crippen molar-refractivity contribution < 1.29 is 31.2 Å². The summed E-state index contributed by atoms with van der Waals surface area (Å²) in [6, 6.07) is 8.89. The minimum absolute atomic E-state index is 0.0758. The summed E-state index contributed by atoms with van der Waals surface area (Å²) in [5.41, 5.74) is 0.250. The average Bonchev–Trinajstić information content (AvgIpc) is 2.90. The van der Waals surface area contributed by atoms with Crippen LogP contribution in [0.1, 0.15) is 46.3 Å². The lowest BCUT2D eigenvalue weighted by atomic mass is 9.79. The molecule has 10 heteroatoms. The number of anilines is 1. The molecule has 1 N–H and O–H groups in total. The smallest absolute Gasteiger partial charge is 0.484 e. The predicted molar refractivity (Wildman–Crippen MR) is 116 cm³/mol. The van der Waals surface area contributed by atoms with E-state index in [-0.39, 0.29) is 17.3 Å². The van der Waals surface area contributed by atoms with E-state index in [0.717, 1.165) is 0 Å². The van der Waals surface area contributed by atoms with Crippen molar-refractivity contribution in [3.05, 3.63) is 53.8 Å². The van der Waals surface area contributed by atoms with Crippen LogP contribution in [-0.2, 0) is 19.3 Å². The molecule has 1 aliphatic heterocycles. The van der Waals surface area contributed by atoms with Crippen LogP contribution < -0.4 is 14.9 Å². The summed E-state index contributed by atoms with van der Waals surface area (Å²) < 4.78 is 70.0. The number of hydrogen-bond donors (Lipinski definition) is 1. The molecule has 1 heterocycles. The van der Waals surface area contributed by atoms with Gasteiger partial charge in [0.05, 0.1) is 16.9 Å². The highest BCUT2D eigenvalue weighted by atomic mass is 32.2. The highest BCUT2D eigenvalue weighted by Crippen LogP contribution is 2.37. The van der Waals surface area contributed by atoms with Crippen LogP contribution in [0.5, 0.6) is 5.75 Å². The maximum atomic E-state index is 13.2. The molecular formula is C21H26BF2NO5S. The lowest BCUT2D eigenvalue weighted by Gasteiger charge is -2.32. The van der Waals surface area contributed by atoms with Crippen molar-refractivity contribution >= 4 is 28.3 Å². The lowest BCUT2D eigenvalue weighted by molar-refractivity contribution is 0.00578. The van der Waals surface area contributed by atoms with Gasteiger partial charge in [-0.25, -0.2) is 17.2 Å². The Bertz CT molecular complexity index is 1030. The molecule has 0 radical (unpaired) electrons. The Balaban J connectivity index is 1.95. The van der Waals surface area contributed by atoms with Crippen molar-refractivity contribution in [2.45, 2.75) is 51.9 Å². The Morgan fingerprint density at radius 2 is 1.65 bits per heavy atom. The molecule has 0 amide bonds. The number of ether oxygens (including phenoxy) is 1. The first-order valence-corrected chi connectivity index (χ1v) is 11.5. The maximum absolute atomic E-state index is 13.2. The molecule has 0 unspecified atom stereocenters. The van der Waals surface area contributed by atoms with E-state index in [2.05, 4.69) is 4.72 Å². The van der Waals surface area contributed by atoms with Crippen LogP contribution in [0.2, 0.25) is 0 Å². The second kappa shape index (κ2) is 8.40. The second-order valence-corrected chi connectivity index (χ2v) is 10.1. The van der Waals surface area contributed by atoms with Crippen molar-refractivity contribution in [3.8, 4) is 5.75 Å². The Morgan fingerprint density at radius 3 is 2.19 bits per heavy atom. The van der Waals surface area contributed by atoms with Gasteiger partial charge < -0.3 is 14.0 Å². The van der Waals surface area contributed by atoms with E-state index in [1.807, 2.05) is 27.7 Å². The number of sulfonamides is 1. The molecule has 3 rings (SSSR count). The molecule has 2 aromatic carbocycles. The van der Waals surface area contributed by atoms with Gasteiger partial charge in [0.1, 0.15) is 17.7 Å². The summed E-state index contributed by atoms with van der Waals surface area (Å²) >= 11 is 0. The van der Waals surface area contributed by atoms with Crippen molar-refractivity contribution in [2.24, 2.45) is 0 Å². The van der Waals surface area contributed by atoms with Gasteiger partial charge in [0, 0.05) is 0 Å². The average molecular weight is 453 g/mol. The van der Waals surface area contributed by atoms with E-state index in [9.17, 15) is 17.2 Å². The van der Waals surface area contributed by atoms with Crippen LogP contribution in [0.4, 0.5) is 14.5 Å². The topological polar surface area (TPSA) is 73.9 Å². The van der Waals surface area contributed by atoms with Gasteiger partial charge in [-0.05, 0) is 69.9 Å². The zero-order chi connectivity index (χ0) is 23.0. The minimum atomic E-state index is -4.18. The third-order valence-corrected chi connectivity index (χ3v) is 6.40. The quantitative estimate of drug-likeness (QED) is 0.644. The van der Waals surface area contributed by atoms with Crippen LogP contribution >= 0.6 is 0 Å². The summed E-state index contributed by atoms with van der Waals surface area (Å²) in [5.74, 6) is -0.212. The summed E-state index contributed by atoms with van der Waals surface area (Å²) in [4.78, 5) is 0.